The second-order valence-electron chi connectivity index (χ2n) is 9.44. The maximum absolute atomic E-state index is 13.9. The molecule has 0 saturated heterocycles. The van der Waals surface area contributed by atoms with Gasteiger partial charge in [-0.25, -0.2) is 8.42 Å². The second-order valence-corrected chi connectivity index (χ2v) is 11.3. The van der Waals surface area contributed by atoms with Gasteiger partial charge in [-0.3, -0.25) is 13.9 Å². The number of benzene rings is 3. The molecule has 0 aromatic heterocycles. The fourth-order valence-corrected chi connectivity index (χ4v) is 5.15. The number of nitrogens with zero attached hydrogens (tertiary/aromatic N) is 2. The molecule has 3 rings (SSSR count). The molecule has 7 nitrogen and oxygen atoms in total. The summed E-state index contributed by atoms with van der Waals surface area (Å²) in [5.41, 5.74) is 5.01. The van der Waals surface area contributed by atoms with E-state index in [0.717, 1.165) is 38.4 Å². The van der Waals surface area contributed by atoms with Crippen LogP contribution in [0.15, 0.2) is 72.8 Å². The number of amides is 2. The van der Waals surface area contributed by atoms with Crippen LogP contribution >= 0.6 is 0 Å². The van der Waals surface area contributed by atoms with Gasteiger partial charge in [0.1, 0.15) is 12.6 Å². The maximum atomic E-state index is 13.9. The molecule has 3 aromatic rings. The van der Waals surface area contributed by atoms with Crippen LogP contribution in [0.1, 0.15) is 27.8 Å². The van der Waals surface area contributed by atoms with Crippen molar-refractivity contribution >= 4 is 27.5 Å². The fourth-order valence-electron chi connectivity index (χ4n) is 4.32. The molecule has 0 heterocycles. The quantitative estimate of drug-likeness (QED) is 0.440. The van der Waals surface area contributed by atoms with Gasteiger partial charge in [-0.15, -0.1) is 0 Å². The predicted molar refractivity (Wildman–Crippen MR) is 148 cm³/mol. The van der Waals surface area contributed by atoms with Crippen LogP contribution in [0, 0.1) is 20.8 Å². The highest BCUT2D eigenvalue weighted by atomic mass is 32.2. The third kappa shape index (κ3) is 7.67. The van der Waals surface area contributed by atoms with E-state index in [4.69, 9.17) is 0 Å². The molecule has 0 spiro atoms. The van der Waals surface area contributed by atoms with Crippen molar-refractivity contribution in [3.63, 3.8) is 0 Å². The van der Waals surface area contributed by atoms with E-state index < -0.39 is 28.5 Å². The molecule has 1 N–H and O–H groups in total. The van der Waals surface area contributed by atoms with Gasteiger partial charge in [-0.05, 0) is 55.2 Å². The van der Waals surface area contributed by atoms with Gasteiger partial charge in [0, 0.05) is 20.0 Å². The van der Waals surface area contributed by atoms with Crippen molar-refractivity contribution in [2.75, 3.05) is 24.2 Å². The number of anilines is 1. The highest BCUT2D eigenvalue weighted by molar-refractivity contribution is 7.92. The highest BCUT2D eigenvalue weighted by Gasteiger charge is 2.32. The number of hydrogen-bond acceptors (Lipinski definition) is 4. The molecule has 0 aliphatic rings. The van der Waals surface area contributed by atoms with Crippen LogP contribution < -0.4 is 9.62 Å². The molecule has 196 valence electrons. The second kappa shape index (κ2) is 12.1. The predicted octanol–water partition coefficient (Wildman–Crippen LogP) is 3.76. The highest BCUT2D eigenvalue weighted by Crippen LogP contribution is 2.23. The Kier molecular flexibility index (Phi) is 9.10. The number of nitrogens with one attached hydrogen (secondary N) is 1. The third-order valence-corrected chi connectivity index (χ3v) is 7.31. The van der Waals surface area contributed by atoms with Gasteiger partial charge in [0.05, 0.1) is 11.9 Å². The van der Waals surface area contributed by atoms with Crippen LogP contribution in [0.3, 0.4) is 0 Å². The molecule has 2 amide bonds. The SMILES string of the molecule is CNC(=O)C(Cc1ccccc1)N(Cc1ccc(C)cc1)C(=O)CN(c1cc(C)cc(C)c1)S(C)(=O)=O. The molecule has 0 aliphatic carbocycles. The molecule has 1 unspecified atom stereocenters. The van der Waals surface area contributed by atoms with Crippen molar-refractivity contribution in [2.45, 2.75) is 39.8 Å². The zero-order valence-electron chi connectivity index (χ0n) is 22.1. The lowest BCUT2D eigenvalue weighted by atomic mass is 10.0. The number of carbonyl (C=O) groups is 2. The van der Waals surface area contributed by atoms with E-state index in [0.29, 0.717) is 12.1 Å². The van der Waals surface area contributed by atoms with Crippen LogP contribution in [0.25, 0.3) is 0 Å². The van der Waals surface area contributed by atoms with Gasteiger partial charge >= 0.3 is 0 Å². The molecule has 8 heteroatoms. The number of rotatable bonds is 10. The van der Waals surface area contributed by atoms with Gasteiger partial charge in [-0.2, -0.15) is 0 Å². The summed E-state index contributed by atoms with van der Waals surface area (Å²) in [6.45, 7) is 5.47. The largest absolute Gasteiger partial charge is 0.357 e. The first-order valence-corrected chi connectivity index (χ1v) is 14.0. The van der Waals surface area contributed by atoms with Crippen LogP contribution in [0.5, 0.6) is 0 Å². The van der Waals surface area contributed by atoms with E-state index in [9.17, 15) is 18.0 Å². The van der Waals surface area contributed by atoms with Crippen LogP contribution in [-0.2, 0) is 32.6 Å². The molecule has 3 aromatic carbocycles. The third-order valence-electron chi connectivity index (χ3n) is 6.16. The minimum Gasteiger partial charge on any atom is -0.357 e. The van der Waals surface area contributed by atoms with Gasteiger partial charge < -0.3 is 10.2 Å². The van der Waals surface area contributed by atoms with E-state index >= 15 is 0 Å². The van der Waals surface area contributed by atoms with E-state index in [-0.39, 0.29) is 12.5 Å². The summed E-state index contributed by atoms with van der Waals surface area (Å²) in [6.07, 6.45) is 1.38. The minimum absolute atomic E-state index is 0.161. The molecule has 0 saturated carbocycles. The molecule has 37 heavy (non-hydrogen) atoms. The first-order valence-electron chi connectivity index (χ1n) is 12.1. The van der Waals surface area contributed by atoms with Crippen molar-refractivity contribution in [1.29, 1.82) is 0 Å². The number of carbonyl (C=O) groups excluding carboxylic acids is 2. The summed E-state index contributed by atoms with van der Waals surface area (Å²) < 4.78 is 26.8. The Morgan fingerprint density at radius 3 is 1.97 bits per heavy atom. The number of likely N-dealkylation sites (N-methyl/N-ethyl adjacent to an activating group) is 1. The van der Waals surface area contributed by atoms with Crippen molar-refractivity contribution in [3.05, 3.63) is 101 Å². The van der Waals surface area contributed by atoms with E-state index in [2.05, 4.69) is 5.32 Å². The van der Waals surface area contributed by atoms with Gasteiger partial charge in [0.15, 0.2) is 0 Å². The van der Waals surface area contributed by atoms with E-state index in [1.807, 2.05) is 81.4 Å². The topological polar surface area (TPSA) is 86.8 Å². The Morgan fingerprint density at radius 1 is 0.838 bits per heavy atom. The van der Waals surface area contributed by atoms with Crippen molar-refractivity contribution in [3.8, 4) is 0 Å². The first-order chi connectivity index (χ1) is 17.5. The normalized spacial score (nSPS) is 12.0. The summed E-state index contributed by atoms with van der Waals surface area (Å²) in [5.74, 6) is -0.781. The standard InChI is InChI=1S/C29H35N3O4S/c1-21-11-13-25(14-12-21)19-31(27(29(34)30-4)18-24-9-7-6-8-10-24)28(33)20-32(37(5,35)36)26-16-22(2)15-23(3)17-26/h6-17,27H,18-20H2,1-5H3,(H,30,34). The summed E-state index contributed by atoms with van der Waals surface area (Å²) in [4.78, 5) is 28.5. The molecule has 0 aliphatic heterocycles. The lowest BCUT2D eigenvalue weighted by Crippen LogP contribution is -2.52. The van der Waals surface area contributed by atoms with E-state index in [1.54, 1.807) is 12.1 Å². The summed E-state index contributed by atoms with van der Waals surface area (Å²) in [6, 6.07) is 21.8. The molecule has 0 radical (unpaired) electrons. The van der Waals surface area contributed by atoms with Crippen molar-refractivity contribution in [1.82, 2.24) is 10.2 Å². The summed E-state index contributed by atoms with van der Waals surface area (Å²) >= 11 is 0. The van der Waals surface area contributed by atoms with Crippen LogP contribution in [-0.4, -0.2) is 51.0 Å². The first kappa shape index (κ1) is 27.9. The van der Waals surface area contributed by atoms with Gasteiger partial charge in [-0.1, -0.05) is 66.2 Å². The average Bonchev–Trinajstić information content (AvgIpc) is 2.84. The Morgan fingerprint density at radius 2 is 1.43 bits per heavy atom. The molecule has 0 fully saturated rings. The number of sulfonamides is 1. The zero-order chi connectivity index (χ0) is 27.2. The molecule has 1 atom stereocenters. The average molecular weight is 522 g/mol. The fraction of sp³-hybridized carbons (Fsp3) is 0.310. The van der Waals surface area contributed by atoms with Crippen LogP contribution in [0.4, 0.5) is 5.69 Å². The van der Waals surface area contributed by atoms with Crippen LogP contribution in [0.2, 0.25) is 0 Å². The lowest BCUT2D eigenvalue weighted by molar-refractivity contribution is -0.139. The Labute approximate surface area is 220 Å². The van der Waals surface area contributed by atoms with E-state index in [1.165, 1.54) is 11.9 Å². The maximum Gasteiger partial charge on any atom is 0.244 e. The Hall–Kier alpha value is -3.65. The Bertz CT molecular complexity index is 1320. The molecular weight excluding hydrogens is 486 g/mol. The number of hydrogen-bond donors (Lipinski definition) is 1. The summed E-state index contributed by atoms with van der Waals surface area (Å²) in [5, 5.41) is 2.68. The van der Waals surface area contributed by atoms with Crippen molar-refractivity contribution in [2.24, 2.45) is 0 Å². The molecule has 0 bridgehead atoms. The minimum atomic E-state index is -3.78. The summed E-state index contributed by atoms with van der Waals surface area (Å²) in [7, 11) is -2.25. The van der Waals surface area contributed by atoms with Crippen molar-refractivity contribution < 1.29 is 18.0 Å². The monoisotopic (exact) mass is 521 g/mol. The molecular formula is C29H35N3O4S. The smallest absolute Gasteiger partial charge is 0.244 e. The number of aryl methyl sites for hydroxylation is 3. The zero-order valence-corrected chi connectivity index (χ0v) is 22.9. The lowest BCUT2D eigenvalue weighted by Gasteiger charge is -2.33. The Balaban J connectivity index is 2.03. The van der Waals surface area contributed by atoms with Gasteiger partial charge in [0.2, 0.25) is 21.8 Å². The van der Waals surface area contributed by atoms with Gasteiger partial charge in [0.25, 0.3) is 0 Å².